The largest absolute Gasteiger partial charge is 0.342 e. The number of hydrogen-bond acceptors (Lipinski definition) is 4. The lowest BCUT2D eigenvalue weighted by molar-refractivity contribution is 0.720. The maximum Gasteiger partial charge on any atom is 0.329 e. The van der Waals surface area contributed by atoms with Crippen molar-refractivity contribution in [2.24, 2.45) is 7.05 Å². The molecule has 1 aliphatic heterocycles. The fourth-order valence-corrected chi connectivity index (χ4v) is 3.18. The molecule has 7 nitrogen and oxygen atoms in total. The smallest absolute Gasteiger partial charge is 0.329 e. The number of imidazole rings is 1. The number of hydrogen-bond donors (Lipinski definition) is 1. The molecule has 130 valence electrons. The van der Waals surface area contributed by atoms with E-state index in [1.165, 1.54) is 23.0 Å². The normalized spacial score (nSPS) is 15.5. The number of fused-ring (bicyclic) bond motifs is 1. The summed E-state index contributed by atoms with van der Waals surface area (Å²) in [6, 6.07) is 0. The van der Waals surface area contributed by atoms with Gasteiger partial charge in [-0.15, -0.1) is 0 Å². The van der Waals surface area contributed by atoms with Crippen molar-refractivity contribution in [2.75, 3.05) is 18.0 Å². The van der Waals surface area contributed by atoms with Crippen LogP contribution in [0.1, 0.15) is 39.5 Å². The van der Waals surface area contributed by atoms with Gasteiger partial charge in [0.1, 0.15) is 0 Å². The van der Waals surface area contributed by atoms with Crippen LogP contribution in [-0.2, 0) is 13.6 Å². The third-order valence-electron chi connectivity index (χ3n) is 4.56. The average molecular weight is 331 g/mol. The molecule has 0 bridgehead atoms. The predicted molar refractivity (Wildman–Crippen MR) is 95.7 cm³/mol. The second kappa shape index (κ2) is 6.67. The van der Waals surface area contributed by atoms with Crippen molar-refractivity contribution in [1.29, 1.82) is 0 Å². The van der Waals surface area contributed by atoms with Crippen LogP contribution in [0.3, 0.4) is 0 Å². The van der Waals surface area contributed by atoms with Gasteiger partial charge in [0.15, 0.2) is 11.2 Å². The van der Waals surface area contributed by atoms with Gasteiger partial charge < -0.3 is 9.47 Å². The molecule has 7 heteroatoms. The molecule has 1 saturated heterocycles. The minimum Gasteiger partial charge on any atom is -0.342 e. The van der Waals surface area contributed by atoms with Crippen molar-refractivity contribution in [3.63, 3.8) is 0 Å². The highest BCUT2D eigenvalue weighted by Gasteiger charge is 2.21. The van der Waals surface area contributed by atoms with Crippen LogP contribution in [0.15, 0.2) is 21.2 Å². The summed E-state index contributed by atoms with van der Waals surface area (Å²) in [5.41, 5.74) is 1.30. The Labute approximate surface area is 140 Å². The van der Waals surface area contributed by atoms with Gasteiger partial charge in [0.2, 0.25) is 5.95 Å². The van der Waals surface area contributed by atoms with Crippen molar-refractivity contribution >= 4 is 17.1 Å². The van der Waals surface area contributed by atoms with Crippen LogP contribution in [0.2, 0.25) is 0 Å². The topological polar surface area (TPSA) is 75.9 Å². The lowest BCUT2D eigenvalue weighted by Crippen LogP contribution is -2.29. The van der Waals surface area contributed by atoms with E-state index in [4.69, 9.17) is 0 Å². The summed E-state index contributed by atoms with van der Waals surface area (Å²) in [5.74, 6) is 0.788. The monoisotopic (exact) mass is 331 g/mol. The van der Waals surface area contributed by atoms with Gasteiger partial charge in [-0.3, -0.25) is 14.3 Å². The lowest BCUT2D eigenvalue weighted by Gasteiger charge is -2.22. The molecule has 1 N–H and O–H groups in total. The summed E-state index contributed by atoms with van der Waals surface area (Å²) in [6.45, 7) is 6.51. The minimum atomic E-state index is -0.429. The Bertz CT molecular complexity index is 875. The molecule has 0 aliphatic carbocycles. The SMILES string of the molecule is CC(C)=CCn1c(N2CCCCCC2)nc2c1c(=O)[nH]c(=O)n2C. The van der Waals surface area contributed by atoms with E-state index in [-0.39, 0.29) is 5.56 Å². The molecule has 0 radical (unpaired) electrons. The Kier molecular flexibility index (Phi) is 4.59. The first-order chi connectivity index (χ1) is 11.5. The number of nitrogens with zero attached hydrogens (tertiary/aromatic N) is 4. The van der Waals surface area contributed by atoms with Crippen molar-refractivity contribution in [3.05, 3.63) is 32.5 Å². The van der Waals surface area contributed by atoms with Crippen LogP contribution in [0.5, 0.6) is 0 Å². The highest BCUT2D eigenvalue weighted by molar-refractivity contribution is 5.74. The molecule has 2 aromatic heterocycles. The Hall–Kier alpha value is -2.31. The molecule has 1 fully saturated rings. The Morgan fingerprint density at radius 3 is 2.46 bits per heavy atom. The quantitative estimate of drug-likeness (QED) is 0.870. The van der Waals surface area contributed by atoms with Gasteiger partial charge in [-0.1, -0.05) is 24.5 Å². The van der Waals surface area contributed by atoms with Crippen LogP contribution in [-0.4, -0.2) is 32.2 Å². The summed E-state index contributed by atoms with van der Waals surface area (Å²) in [7, 11) is 1.64. The molecule has 0 saturated carbocycles. The van der Waals surface area contributed by atoms with Crippen molar-refractivity contribution in [2.45, 2.75) is 46.1 Å². The molecule has 0 atom stereocenters. The second-order valence-electron chi connectivity index (χ2n) is 6.70. The number of H-pyrrole nitrogens is 1. The molecule has 0 spiro atoms. The van der Waals surface area contributed by atoms with E-state index in [0.29, 0.717) is 17.7 Å². The molecule has 3 heterocycles. The van der Waals surface area contributed by atoms with Crippen LogP contribution in [0.25, 0.3) is 11.2 Å². The first-order valence-corrected chi connectivity index (χ1v) is 8.57. The van der Waals surface area contributed by atoms with Gasteiger partial charge in [-0.05, 0) is 26.7 Å². The second-order valence-corrected chi connectivity index (χ2v) is 6.70. The third-order valence-corrected chi connectivity index (χ3v) is 4.56. The van der Waals surface area contributed by atoms with Crippen molar-refractivity contribution in [3.8, 4) is 0 Å². The summed E-state index contributed by atoms with van der Waals surface area (Å²) in [5, 5.41) is 0. The molecule has 0 unspecified atom stereocenters. The van der Waals surface area contributed by atoms with Gasteiger partial charge >= 0.3 is 5.69 Å². The molecule has 24 heavy (non-hydrogen) atoms. The molecule has 1 aliphatic rings. The summed E-state index contributed by atoms with van der Waals surface area (Å²) in [6.07, 6.45) is 6.78. The number of anilines is 1. The molecule has 0 amide bonds. The van der Waals surface area contributed by atoms with Crippen LogP contribution in [0.4, 0.5) is 5.95 Å². The van der Waals surface area contributed by atoms with Gasteiger partial charge in [-0.2, -0.15) is 4.98 Å². The fraction of sp³-hybridized carbons (Fsp3) is 0.588. The molecular weight excluding hydrogens is 306 g/mol. The van der Waals surface area contributed by atoms with Gasteiger partial charge in [0, 0.05) is 26.7 Å². The standard InChI is InChI=1S/C17H25N5O2/c1-12(2)8-11-22-13-14(20(3)17(24)19-15(13)23)18-16(22)21-9-6-4-5-7-10-21/h8H,4-7,9-11H2,1-3H3,(H,19,23,24). The summed E-state index contributed by atoms with van der Waals surface area (Å²) in [4.78, 5) is 33.6. The number of nitrogens with one attached hydrogen (secondary N) is 1. The average Bonchev–Trinajstić information content (AvgIpc) is 2.71. The van der Waals surface area contributed by atoms with Crippen molar-refractivity contribution < 1.29 is 0 Å². The number of aryl methyl sites for hydroxylation is 1. The Balaban J connectivity index is 2.22. The maximum atomic E-state index is 12.4. The zero-order chi connectivity index (χ0) is 17.3. The number of allylic oxidation sites excluding steroid dienone is 2. The van der Waals surface area contributed by atoms with E-state index >= 15 is 0 Å². The molecule has 3 rings (SSSR count). The van der Waals surface area contributed by atoms with Gasteiger partial charge in [0.05, 0.1) is 0 Å². The minimum absolute atomic E-state index is 0.371. The Morgan fingerprint density at radius 2 is 1.83 bits per heavy atom. The molecular formula is C17H25N5O2. The first-order valence-electron chi connectivity index (χ1n) is 8.57. The highest BCUT2D eigenvalue weighted by Crippen LogP contribution is 2.22. The predicted octanol–water partition coefficient (Wildman–Crippen LogP) is 1.77. The van der Waals surface area contributed by atoms with Gasteiger partial charge in [0.25, 0.3) is 5.56 Å². The molecule has 0 aromatic carbocycles. The van der Waals surface area contributed by atoms with E-state index in [1.54, 1.807) is 7.05 Å². The van der Waals surface area contributed by atoms with E-state index < -0.39 is 5.69 Å². The first kappa shape index (κ1) is 16.5. The number of aromatic amines is 1. The third kappa shape index (κ3) is 3.02. The van der Waals surface area contributed by atoms with E-state index in [1.807, 2.05) is 18.4 Å². The number of aromatic nitrogens is 4. The zero-order valence-corrected chi connectivity index (χ0v) is 14.6. The van der Waals surface area contributed by atoms with Crippen LogP contribution in [0, 0.1) is 0 Å². The van der Waals surface area contributed by atoms with E-state index in [2.05, 4.69) is 20.9 Å². The maximum absolute atomic E-state index is 12.4. The molecule has 2 aromatic rings. The summed E-state index contributed by atoms with van der Waals surface area (Å²) >= 11 is 0. The Morgan fingerprint density at radius 1 is 1.17 bits per heavy atom. The van der Waals surface area contributed by atoms with Crippen LogP contribution >= 0.6 is 0 Å². The van der Waals surface area contributed by atoms with Crippen molar-refractivity contribution in [1.82, 2.24) is 19.1 Å². The van der Waals surface area contributed by atoms with Crippen LogP contribution < -0.4 is 16.1 Å². The van der Waals surface area contributed by atoms with Gasteiger partial charge in [-0.25, -0.2) is 4.79 Å². The van der Waals surface area contributed by atoms with E-state index in [9.17, 15) is 9.59 Å². The zero-order valence-electron chi connectivity index (χ0n) is 14.6. The highest BCUT2D eigenvalue weighted by atomic mass is 16.2. The number of rotatable bonds is 3. The fourth-order valence-electron chi connectivity index (χ4n) is 3.18. The lowest BCUT2D eigenvalue weighted by atomic mass is 10.2. The summed E-state index contributed by atoms with van der Waals surface area (Å²) < 4.78 is 3.35. The van der Waals surface area contributed by atoms with E-state index in [0.717, 1.165) is 31.9 Å².